The van der Waals surface area contributed by atoms with Crippen molar-refractivity contribution in [3.05, 3.63) is 89.2 Å². The van der Waals surface area contributed by atoms with Gasteiger partial charge in [0.2, 0.25) is 17.0 Å². The van der Waals surface area contributed by atoms with E-state index >= 15 is 0 Å². The average molecular weight is 477 g/mol. The number of hydrogen-bond acceptors (Lipinski definition) is 2. The lowest BCUT2D eigenvalue weighted by Gasteiger charge is -2.03. The Balaban J connectivity index is 0.000000555. The summed E-state index contributed by atoms with van der Waals surface area (Å²) >= 11 is 6.01. The van der Waals surface area contributed by atoms with Gasteiger partial charge in [-0.05, 0) is 48.5 Å². The fraction of sp³-hybridized carbons (Fsp3) is 0.0435. The molecule has 4 nitrogen and oxygen atoms in total. The van der Waals surface area contributed by atoms with Crippen molar-refractivity contribution in [3.63, 3.8) is 0 Å². The molecule has 0 aliphatic heterocycles. The second kappa shape index (κ2) is 10.4. The largest absolute Gasteiger partial charge is 0.673 e. The number of fused-ring (bicyclic) bond motifs is 1. The van der Waals surface area contributed by atoms with E-state index in [0.717, 1.165) is 39.0 Å². The molecule has 0 bridgehead atoms. The van der Waals surface area contributed by atoms with Crippen LogP contribution in [0.15, 0.2) is 83.3 Å². The molecular weight excluding hydrogens is 459 g/mol. The molecule has 1 aromatic heterocycles. The summed E-state index contributed by atoms with van der Waals surface area (Å²) in [7, 11) is -6.00. The van der Waals surface area contributed by atoms with Crippen molar-refractivity contribution < 1.29 is 31.5 Å². The molecule has 0 spiro atoms. The van der Waals surface area contributed by atoms with E-state index in [1.807, 2.05) is 78.9 Å². The summed E-state index contributed by atoms with van der Waals surface area (Å²) < 4.78 is 45.1. The van der Waals surface area contributed by atoms with Crippen molar-refractivity contribution in [2.45, 2.75) is 6.92 Å². The van der Waals surface area contributed by atoms with Gasteiger partial charge < -0.3 is 27.0 Å². The van der Waals surface area contributed by atoms with E-state index in [0.29, 0.717) is 5.02 Å². The molecule has 0 saturated carbocycles. The van der Waals surface area contributed by atoms with E-state index in [1.54, 1.807) is 0 Å². The van der Waals surface area contributed by atoms with Crippen LogP contribution in [0.2, 0.25) is 5.02 Å². The normalized spacial score (nSPS) is 11.6. The summed E-state index contributed by atoms with van der Waals surface area (Å²) in [6, 6.07) is 25.0. The highest BCUT2D eigenvalue weighted by molar-refractivity contribution is 6.50. The molecular formula is C23H18BClF4N2O2. The Hall–Kier alpha value is -3.59. The Morgan fingerprint density at radius 3 is 2.15 bits per heavy atom. The van der Waals surface area contributed by atoms with Gasteiger partial charge in [-0.3, -0.25) is 4.79 Å². The third-order valence-corrected chi connectivity index (χ3v) is 4.54. The summed E-state index contributed by atoms with van der Waals surface area (Å²) in [5.41, 5.74) is 3.40. The molecule has 0 saturated heterocycles. The molecule has 4 aromatic rings. The first-order valence-electron chi connectivity index (χ1n) is 9.72. The van der Waals surface area contributed by atoms with Crippen molar-refractivity contribution in [2.75, 3.05) is 5.32 Å². The molecule has 0 atom stereocenters. The Bertz CT molecular complexity index is 1320. The van der Waals surface area contributed by atoms with Crippen LogP contribution in [0.25, 0.3) is 22.3 Å². The third-order valence-electron chi connectivity index (χ3n) is 4.29. The molecule has 0 aliphatic carbocycles. The first-order valence-corrected chi connectivity index (χ1v) is 10.1. The van der Waals surface area contributed by atoms with E-state index in [1.165, 1.54) is 6.92 Å². The summed E-state index contributed by atoms with van der Waals surface area (Å²) in [5, 5.41) is 5.36. The molecule has 0 unspecified atom stereocenters. The first-order chi connectivity index (χ1) is 15.6. The molecule has 1 amide bonds. The molecule has 3 aromatic carbocycles. The monoisotopic (exact) mass is 476 g/mol. The van der Waals surface area contributed by atoms with E-state index in [9.17, 15) is 22.1 Å². The highest BCUT2D eigenvalue weighted by atomic mass is 35.5. The number of nitrogens with one attached hydrogen (secondary N) is 2. The summed E-state index contributed by atoms with van der Waals surface area (Å²) in [4.78, 5) is 14.6. The van der Waals surface area contributed by atoms with Crippen LogP contribution in [0.1, 0.15) is 6.92 Å². The Morgan fingerprint density at radius 1 is 0.939 bits per heavy atom. The first kappa shape index (κ1) is 24.1. The van der Waals surface area contributed by atoms with Crippen LogP contribution in [0, 0.1) is 0 Å². The minimum absolute atomic E-state index is 0.0935. The smallest absolute Gasteiger partial charge is 0.456 e. The maximum Gasteiger partial charge on any atom is 0.673 e. The third kappa shape index (κ3) is 7.50. The zero-order valence-electron chi connectivity index (χ0n) is 17.3. The van der Waals surface area contributed by atoms with Gasteiger partial charge in [-0.1, -0.05) is 23.7 Å². The molecule has 4 rings (SSSR count). The lowest BCUT2D eigenvalue weighted by Crippen LogP contribution is -2.70. The van der Waals surface area contributed by atoms with E-state index in [-0.39, 0.29) is 5.91 Å². The van der Waals surface area contributed by atoms with Crippen LogP contribution in [-0.2, 0) is 4.79 Å². The number of para-hydroxylation sites is 1. The molecule has 0 fully saturated rings. The number of rotatable bonds is 3. The number of hydrogen-bond donors (Lipinski definition) is 2. The van der Waals surface area contributed by atoms with E-state index in [4.69, 9.17) is 16.0 Å². The Morgan fingerprint density at radius 2 is 1.55 bits per heavy atom. The summed E-state index contributed by atoms with van der Waals surface area (Å²) in [5.74, 6) is 0.650. The predicted molar refractivity (Wildman–Crippen MR) is 121 cm³/mol. The molecule has 1 heterocycles. The standard InChI is InChI=1S/C23H17ClN2O2.BF4/c1-15(27)25-18-10-12-19(13-11-18)26-21-14-23(16-6-8-17(24)9-7-16)28-22-5-3-2-4-20(21)22;2-1(3,4)5/h2-14H,1H3,(H,25,27);/q;-1/p+1. The Kier molecular flexibility index (Phi) is 7.55. The fourth-order valence-corrected chi connectivity index (χ4v) is 3.12. The molecule has 0 radical (unpaired) electrons. The van der Waals surface area contributed by atoms with Crippen molar-refractivity contribution >= 4 is 47.1 Å². The van der Waals surface area contributed by atoms with Crippen molar-refractivity contribution in [1.29, 1.82) is 0 Å². The highest BCUT2D eigenvalue weighted by Crippen LogP contribution is 2.23. The summed E-state index contributed by atoms with van der Waals surface area (Å²) in [6.07, 6.45) is 0. The van der Waals surface area contributed by atoms with Crippen LogP contribution >= 0.6 is 11.6 Å². The van der Waals surface area contributed by atoms with E-state index in [2.05, 4.69) is 10.3 Å². The van der Waals surface area contributed by atoms with Gasteiger partial charge in [-0.15, -0.1) is 0 Å². The number of amides is 1. The molecule has 33 heavy (non-hydrogen) atoms. The number of anilines is 1. The lowest BCUT2D eigenvalue weighted by atomic mass is 10.1. The highest BCUT2D eigenvalue weighted by Gasteiger charge is 2.20. The number of halogens is 5. The van der Waals surface area contributed by atoms with Gasteiger partial charge in [0.15, 0.2) is 0 Å². The minimum atomic E-state index is -6.00. The maximum absolute atomic E-state index is 11.2. The number of carbonyl (C=O) groups excluding carboxylic acids is 1. The van der Waals surface area contributed by atoms with E-state index < -0.39 is 7.25 Å². The van der Waals surface area contributed by atoms with Gasteiger partial charge in [-0.2, -0.15) is 0 Å². The van der Waals surface area contributed by atoms with Crippen LogP contribution in [0.5, 0.6) is 0 Å². The van der Waals surface area contributed by atoms with Crippen molar-refractivity contribution in [3.8, 4) is 11.3 Å². The number of benzene rings is 3. The zero-order chi connectivity index (χ0) is 24.0. The molecule has 10 heteroatoms. The molecule has 0 aliphatic rings. The maximum atomic E-state index is 11.2. The Labute approximate surface area is 191 Å². The topological polar surface area (TPSA) is 56.2 Å². The molecule has 170 valence electrons. The quantitative estimate of drug-likeness (QED) is 0.310. The average Bonchev–Trinajstić information content (AvgIpc) is 2.74. The fourth-order valence-electron chi connectivity index (χ4n) is 2.99. The summed E-state index contributed by atoms with van der Waals surface area (Å²) in [6.45, 7) is 1.49. The van der Waals surface area contributed by atoms with Crippen molar-refractivity contribution in [1.82, 2.24) is 0 Å². The van der Waals surface area contributed by atoms with Gasteiger partial charge in [0.25, 0.3) is 0 Å². The van der Waals surface area contributed by atoms with Crippen LogP contribution in [-0.4, -0.2) is 13.2 Å². The van der Waals surface area contributed by atoms with Gasteiger partial charge in [0.05, 0.1) is 11.5 Å². The lowest BCUT2D eigenvalue weighted by molar-refractivity contribution is -0.400. The van der Waals surface area contributed by atoms with Gasteiger partial charge >= 0.3 is 7.25 Å². The second-order valence-electron chi connectivity index (χ2n) is 6.91. The van der Waals surface area contributed by atoms with Crippen LogP contribution < -0.4 is 15.7 Å². The van der Waals surface area contributed by atoms with Crippen molar-refractivity contribution in [2.24, 2.45) is 0 Å². The van der Waals surface area contributed by atoms with Gasteiger partial charge in [-0.25, -0.2) is 4.99 Å². The minimum Gasteiger partial charge on any atom is -0.456 e. The zero-order valence-corrected chi connectivity index (χ0v) is 18.0. The molecule has 2 N–H and O–H groups in total. The number of carbonyl (C=O) groups is 1. The predicted octanol–water partition coefficient (Wildman–Crippen LogP) is 5.32. The van der Waals surface area contributed by atoms with Crippen LogP contribution in [0.4, 0.5) is 28.6 Å². The SMILES string of the molecule is CC(=O)Nc1ccc([NH+]=c2cc(-c3ccc(Cl)cc3)oc3ccccc23)cc1.F[B-](F)(F)F. The van der Waals surface area contributed by atoms with Gasteiger partial charge in [0.1, 0.15) is 11.3 Å². The van der Waals surface area contributed by atoms with Crippen LogP contribution in [0.3, 0.4) is 0 Å². The van der Waals surface area contributed by atoms with Gasteiger partial charge in [0, 0.05) is 35.3 Å². The second-order valence-corrected chi connectivity index (χ2v) is 7.34.